The van der Waals surface area contributed by atoms with Gasteiger partial charge in [-0.15, -0.1) is 0 Å². The van der Waals surface area contributed by atoms with Gasteiger partial charge in [0.15, 0.2) is 5.78 Å². The van der Waals surface area contributed by atoms with Gasteiger partial charge in [-0.1, -0.05) is 53.5 Å². The molecule has 0 aliphatic heterocycles. The van der Waals surface area contributed by atoms with Gasteiger partial charge in [-0.05, 0) is 25.1 Å². The number of aryl methyl sites for hydroxylation is 2. The number of hydrogen-bond acceptors (Lipinski definition) is 3. The Hall–Kier alpha value is -2.63. The Labute approximate surface area is 166 Å². The first kappa shape index (κ1) is 19.1. The van der Waals surface area contributed by atoms with Crippen molar-refractivity contribution in [3.63, 3.8) is 0 Å². The molecule has 5 nitrogen and oxygen atoms in total. The van der Waals surface area contributed by atoms with Crippen LogP contribution in [0.1, 0.15) is 28.0 Å². The number of nitrogens with zero attached hydrogens (tertiary/aromatic N) is 2. The van der Waals surface area contributed by atoms with Crippen LogP contribution < -0.4 is 5.32 Å². The van der Waals surface area contributed by atoms with Crippen LogP contribution >= 0.6 is 23.2 Å². The van der Waals surface area contributed by atoms with Gasteiger partial charge in [0.1, 0.15) is 0 Å². The maximum Gasteiger partial charge on any atom is 0.226 e. The predicted octanol–water partition coefficient (Wildman–Crippen LogP) is 4.76. The van der Waals surface area contributed by atoms with Gasteiger partial charge in [-0.3, -0.25) is 14.3 Å². The highest BCUT2D eigenvalue weighted by Gasteiger charge is 2.16. The van der Waals surface area contributed by atoms with Gasteiger partial charge in [0, 0.05) is 35.3 Å². The summed E-state index contributed by atoms with van der Waals surface area (Å²) in [5.74, 6) is -0.438. The minimum atomic E-state index is -0.233. The Morgan fingerprint density at radius 2 is 1.85 bits per heavy atom. The zero-order valence-corrected chi connectivity index (χ0v) is 16.1. The first-order valence-electron chi connectivity index (χ1n) is 8.33. The molecule has 0 fully saturated rings. The molecule has 0 aliphatic carbocycles. The first-order valence-corrected chi connectivity index (χ1v) is 9.08. The number of nitrogens with one attached hydrogen (secondary N) is 1. The number of carbonyl (C=O) groups excluding carboxylic acids is 2. The summed E-state index contributed by atoms with van der Waals surface area (Å²) < 4.78 is 1.62. The topological polar surface area (TPSA) is 64.0 Å². The lowest BCUT2D eigenvalue weighted by atomic mass is 10.0. The maximum atomic E-state index is 12.8. The minimum Gasteiger partial charge on any atom is -0.325 e. The van der Waals surface area contributed by atoms with Crippen LogP contribution in [0, 0.1) is 6.92 Å². The number of amides is 1. The second kappa shape index (κ2) is 8.37. The monoisotopic (exact) mass is 401 g/mol. The SMILES string of the molecule is Cc1nn(CCC(=O)Nc2ccc(Cl)cc2C(=O)c2ccccc2)cc1Cl. The Morgan fingerprint density at radius 3 is 2.52 bits per heavy atom. The normalized spacial score (nSPS) is 10.6. The van der Waals surface area contributed by atoms with Gasteiger partial charge in [0.05, 0.1) is 16.4 Å². The van der Waals surface area contributed by atoms with E-state index in [2.05, 4.69) is 10.4 Å². The van der Waals surface area contributed by atoms with Crippen molar-refractivity contribution in [2.45, 2.75) is 19.9 Å². The van der Waals surface area contributed by atoms with E-state index in [4.69, 9.17) is 23.2 Å². The fourth-order valence-corrected chi connectivity index (χ4v) is 2.92. The van der Waals surface area contributed by atoms with Gasteiger partial charge in [0.2, 0.25) is 5.91 Å². The third-order valence-electron chi connectivity index (χ3n) is 3.99. The standard InChI is InChI=1S/C20H17Cl2N3O2/c1-13-17(22)12-25(24-13)10-9-19(26)23-18-8-7-15(21)11-16(18)20(27)14-5-3-2-4-6-14/h2-8,11-12H,9-10H2,1H3,(H,23,26). The number of aromatic nitrogens is 2. The predicted molar refractivity (Wildman–Crippen MR) is 107 cm³/mol. The molecule has 1 amide bonds. The van der Waals surface area contributed by atoms with Crippen molar-refractivity contribution in [2.24, 2.45) is 0 Å². The zero-order valence-electron chi connectivity index (χ0n) is 14.6. The number of ketones is 1. The smallest absolute Gasteiger partial charge is 0.226 e. The highest BCUT2D eigenvalue weighted by molar-refractivity contribution is 6.31. The Kier molecular flexibility index (Phi) is 5.94. The van der Waals surface area contributed by atoms with E-state index in [1.165, 1.54) is 0 Å². The molecule has 0 saturated heterocycles. The van der Waals surface area contributed by atoms with E-state index < -0.39 is 0 Å². The number of rotatable bonds is 6. The lowest BCUT2D eigenvalue weighted by Gasteiger charge is -2.11. The van der Waals surface area contributed by atoms with Crippen molar-refractivity contribution >= 4 is 40.6 Å². The average Bonchev–Trinajstić information content (AvgIpc) is 2.99. The van der Waals surface area contributed by atoms with E-state index in [1.807, 2.05) is 6.07 Å². The molecule has 1 heterocycles. The summed E-state index contributed by atoms with van der Waals surface area (Å²) in [7, 11) is 0. The van der Waals surface area contributed by atoms with Crippen LogP contribution in [0.5, 0.6) is 0 Å². The minimum absolute atomic E-state index is 0.193. The lowest BCUT2D eigenvalue weighted by Crippen LogP contribution is -2.17. The lowest BCUT2D eigenvalue weighted by molar-refractivity contribution is -0.116. The van der Waals surface area contributed by atoms with Gasteiger partial charge in [-0.2, -0.15) is 5.10 Å². The van der Waals surface area contributed by atoms with Gasteiger partial charge >= 0.3 is 0 Å². The summed E-state index contributed by atoms with van der Waals surface area (Å²) in [6, 6.07) is 13.7. The summed E-state index contributed by atoms with van der Waals surface area (Å²) >= 11 is 12.0. The molecule has 3 aromatic rings. The van der Waals surface area contributed by atoms with Crippen molar-refractivity contribution in [3.8, 4) is 0 Å². The van der Waals surface area contributed by atoms with Crippen molar-refractivity contribution in [1.82, 2.24) is 9.78 Å². The van der Waals surface area contributed by atoms with Crippen LogP contribution in [-0.4, -0.2) is 21.5 Å². The highest BCUT2D eigenvalue weighted by Crippen LogP contribution is 2.24. The summed E-state index contributed by atoms with van der Waals surface area (Å²) in [6.45, 7) is 2.18. The summed E-state index contributed by atoms with van der Waals surface area (Å²) in [5, 5.41) is 7.99. The molecule has 138 valence electrons. The van der Waals surface area contributed by atoms with Crippen LogP contribution in [0.25, 0.3) is 0 Å². The van der Waals surface area contributed by atoms with Crippen molar-refractivity contribution in [3.05, 3.63) is 81.6 Å². The van der Waals surface area contributed by atoms with E-state index in [9.17, 15) is 9.59 Å². The van der Waals surface area contributed by atoms with Crippen molar-refractivity contribution in [1.29, 1.82) is 0 Å². The quantitative estimate of drug-likeness (QED) is 0.605. The van der Waals surface area contributed by atoms with Gasteiger partial charge < -0.3 is 5.32 Å². The number of carbonyl (C=O) groups is 2. The molecule has 27 heavy (non-hydrogen) atoms. The molecule has 0 radical (unpaired) electrons. The molecule has 0 atom stereocenters. The average molecular weight is 402 g/mol. The van der Waals surface area contributed by atoms with E-state index in [0.717, 1.165) is 0 Å². The van der Waals surface area contributed by atoms with Crippen LogP contribution in [0.3, 0.4) is 0 Å². The fourth-order valence-electron chi connectivity index (χ4n) is 2.60. The first-order chi connectivity index (χ1) is 12.9. The van der Waals surface area contributed by atoms with E-state index in [0.29, 0.717) is 39.1 Å². The second-order valence-electron chi connectivity index (χ2n) is 6.01. The Morgan fingerprint density at radius 1 is 1.11 bits per heavy atom. The number of halogens is 2. The van der Waals surface area contributed by atoms with Crippen LogP contribution in [0.15, 0.2) is 54.7 Å². The number of anilines is 1. The van der Waals surface area contributed by atoms with Gasteiger partial charge in [0.25, 0.3) is 0 Å². The molecule has 0 spiro atoms. The molecule has 3 rings (SSSR count). The summed E-state index contributed by atoms with van der Waals surface area (Å²) in [5.41, 5.74) is 2.01. The Bertz CT molecular complexity index is 965. The largest absolute Gasteiger partial charge is 0.325 e. The molecule has 2 aromatic carbocycles. The van der Waals surface area contributed by atoms with E-state index in [-0.39, 0.29) is 18.1 Å². The van der Waals surface area contributed by atoms with E-state index in [1.54, 1.807) is 60.3 Å². The second-order valence-corrected chi connectivity index (χ2v) is 6.85. The molecular weight excluding hydrogens is 385 g/mol. The highest BCUT2D eigenvalue weighted by atomic mass is 35.5. The zero-order chi connectivity index (χ0) is 19.4. The van der Waals surface area contributed by atoms with Crippen molar-refractivity contribution < 1.29 is 9.59 Å². The molecular formula is C20H17Cl2N3O2. The van der Waals surface area contributed by atoms with E-state index >= 15 is 0 Å². The van der Waals surface area contributed by atoms with Crippen LogP contribution in [0.4, 0.5) is 5.69 Å². The van der Waals surface area contributed by atoms with Gasteiger partial charge in [-0.25, -0.2) is 0 Å². The molecule has 7 heteroatoms. The Balaban J connectivity index is 1.74. The third-order valence-corrected chi connectivity index (χ3v) is 4.60. The van der Waals surface area contributed by atoms with Crippen LogP contribution in [0.2, 0.25) is 10.0 Å². The molecule has 0 aliphatic rings. The maximum absolute atomic E-state index is 12.8. The fraction of sp³-hybridized carbons (Fsp3) is 0.150. The number of benzene rings is 2. The molecule has 1 aromatic heterocycles. The third kappa shape index (κ3) is 4.76. The van der Waals surface area contributed by atoms with Crippen molar-refractivity contribution in [2.75, 3.05) is 5.32 Å². The molecule has 0 unspecified atom stereocenters. The molecule has 1 N–H and O–H groups in total. The summed E-state index contributed by atoms with van der Waals surface area (Å²) in [6.07, 6.45) is 1.87. The summed E-state index contributed by atoms with van der Waals surface area (Å²) in [4.78, 5) is 25.1. The molecule has 0 bridgehead atoms. The molecule has 0 saturated carbocycles. The van der Waals surface area contributed by atoms with Crippen LogP contribution in [-0.2, 0) is 11.3 Å². The number of hydrogen-bond donors (Lipinski definition) is 1.